The van der Waals surface area contributed by atoms with Gasteiger partial charge in [0, 0.05) is 32.6 Å². The molecule has 1 unspecified atom stereocenters. The molecule has 0 aliphatic carbocycles. The normalized spacial score (nSPS) is 15.6. The van der Waals surface area contributed by atoms with Gasteiger partial charge in [0.2, 0.25) is 5.91 Å². The molecule has 1 heterocycles. The molecule has 1 aliphatic heterocycles. The summed E-state index contributed by atoms with van der Waals surface area (Å²) in [6.07, 6.45) is 0.793. The third-order valence-electron chi connectivity index (χ3n) is 5.74. The van der Waals surface area contributed by atoms with Crippen LogP contribution in [0.25, 0.3) is 0 Å². The highest BCUT2D eigenvalue weighted by atomic mass is 16.6. The largest absolute Gasteiger partial charge is 0.481 e. The highest BCUT2D eigenvalue weighted by molar-refractivity contribution is 5.81. The molecule has 8 heteroatoms. The number of carbonyl (C=O) groups is 3. The van der Waals surface area contributed by atoms with E-state index in [9.17, 15) is 14.4 Å². The molecular weight excluding hydrogens is 434 g/mol. The number of ether oxygens (including phenoxy) is 2. The van der Waals surface area contributed by atoms with Crippen LogP contribution < -0.4 is 15.4 Å². The van der Waals surface area contributed by atoms with Crippen molar-refractivity contribution in [2.45, 2.75) is 78.4 Å². The van der Waals surface area contributed by atoms with E-state index < -0.39 is 17.8 Å². The van der Waals surface area contributed by atoms with Crippen molar-refractivity contribution in [3.63, 3.8) is 0 Å². The van der Waals surface area contributed by atoms with Gasteiger partial charge in [-0.15, -0.1) is 0 Å². The van der Waals surface area contributed by atoms with Gasteiger partial charge in [0.1, 0.15) is 11.4 Å². The summed E-state index contributed by atoms with van der Waals surface area (Å²) in [5.41, 5.74) is 0.672. The SMILES string of the molecule is CC(Oc1ccc(C(C)C)cc1)C(=O)N1CCC(CNC(=O)CCNC(=O)OC(C)(C)C)CC1. The first-order valence-electron chi connectivity index (χ1n) is 12.2. The Kier molecular flexibility index (Phi) is 10.2. The lowest BCUT2D eigenvalue weighted by Crippen LogP contribution is -2.46. The fraction of sp³-hybridized carbons (Fsp3) is 0.654. The van der Waals surface area contributed by atoms with Gasteiger partial charge in [0.25, 0.3) is 5.91 Å². The van der Waals surface area contributed by atoms with Crippen molar-refractivity contribution < 1.29 is 23.9 Å². The number of alkyl carbamates (subject to hydrolysis) is 1. The van der Waals surface area contributed by atoms with Gasteiger partial charge >= 0.3 is 6.09 Å². The Bertz CT molecular complexity index is 809. The summed E-state index contributed by atoms with van der Waals surface area (Å²) < 4.78 is 11.0. The molecular formula is C26H41N3O5. The van der Waals surface area contributed by atoms with Crippen molar-refractivity contribution in [2.75, 3.05) is 26.2 Å². The van der Waals surface area contributed by atoms with E-state index in [1.807, 2.05) is 29.2 Å². The number of benzene rings is 1. The molecule has 2 rings (SSSR count). The summed E-state index contributed by atoms with van der Waals surface area (Å²) in [5.74, 6) is 1.35. The molecule has 1 saturated heterocycles. The number of piperidine rings is 1. The Morgan fingerprint density at radius 3 is 2.21 bits per heavy atom. The van der Waals surface area contributed by atoms with Gasteiger partial charge in [-0.3, -0.25) is 9.59 Å². The molecule has 0 saturated carbocycles. The van der Waals surface area contributed by atoms with Crippen LogP contribution >= 0.6 is 0 Å². The third kappa shape index (κ3) is 9.61. The topological polar surface area (TPSA) is 97.0 Å². The van der Waals surface area contributed by atoms with Gasteiger partial charge in [-0.1, -0.05) is 26.0 Å². The Morgan fingerprint density at radius 2 is 1.65 bits per heavy atom. The second-order valence-electron chi connectivity index (χ2n) is 10.2. The highest BCUT2D eigenvalue weighted by Crippen LogP contribution is 2.21. The molecule has 0 aromatic heterocycles. The summed E-state index contributed by atoms with van der Waals surface area (Å²) in [5, 5.41) is 5.51. The van der Waals surface area contributed by atoms with Crippen molar-refractivity contribution in [3.05, 3.63) is 29.8 Å². The predicted molar refractivity (Wildman–Crippen MR) is 132 cm³/mol. The lowest BCUT2D eigenvalue weighted by Gasteiger charge is -2.33. The second kappa shape index (κ2) is 12.6. The zero-order valence-electron chi connectivity index (χ0n) is 21.5. The minimum absolute atomic E-state index is 0.0105. The molecule has 2 N–H and O–H groups in total. The first-order chi connectivity index (χ1) is 15.9. The van der Waals surface area contributed by atoms with E-state index in [-0.39, 0.29) is 24.8 Å². The minimum Gasteiger partial charge on any atom is -0.481 e. The third-order valence-corrected chi connectivity index (χ3v) is 5.74. The van der Waals surface area contributed by atoms with Crippen molar-refractivity contribution in [3.8, 4) is 5.75 Å². The maximum absolute atomic E-state index is 12.8. The van der Waals surface area contributed by atoms with Gasteiger partial charge < -0.3 is 25.0 Å². The number of nitrogens with zero attached hydrogens (tertiary/aromatic N) is 1. The van der Waals surface area contributed by atoms with Crippen LogP contribution in [0.5, 0.6) is 5.75 Å². The lowest BCUT2D eigenvalue weighted by atomic mass is 9.96. The van der Waals surface area contributed by atoms with Crippen LogP contribution in [-0.4, -0.2) is 60.7 Å². The minimum atomic E-state index is -0.564. The molecule has 1 fully saturated rings. The monoisotopic (exact) mass is 475 g/mol. The number of hydrogen-bond donors (Lipinski definition) is 2. The number of amides is 3. The van der Waals surface area contributed by atoms with Crippen LogP contribution in [0.4, 0.5) is 4.79 Å². The fourth-order valence-electron chi connectivity index (χ4n) is 3.74. The molecule has 1 atom stereocenters. The molecule has 1 aromatic carbocycles. The van der Waals surface area contributed by atoms with Gasteiger partial charge in [0.15, 0.2) is 6.10 Å². The molecule has 3 amide bonds. The maximum atomic E-state index is 12.8. The average molecular weight is 476 g/mol. The Labute approximate surface area is 203 Å². The summed E-state index contributed by atoms with van der Waals surface area (Å²) in [6.45, 7) is 13.5. The van der Waals surface area contributed by atoms with Crippen LogP contribution in [0.2, 0.25) is 0 Å². The van der Waals surface area contributed by atoms with E-state index in [0.717, 1.165) is 12.8 Å². The van der Waals surface area contributed by atoms with E-state index in [1.165, 1.54) is 5.56 Å². The smallest absolute Gasteiger partial charge is 0.407 e. The van der Waals surface area contributed by atoms with E-state index in [0.29, 0.717) is 37.2 Å². The van der Waals surface area contributed by atoms with Crippen LogP contribution in [0.3, 0.4) is 0 Å². The molecule has 0 bridgehead atoms. The molecule has 8 nitrogen and oxygen atoms in total. The van der Waals surface area contributed by atoms with E-state index >= 15 is 0 Å². The number of nitrogens with one attached hydrogen (secondary N) is 2. The van der Waals surface area contributed by atoms with Crippen molar-refractivity contribution in [1.82, 2.24) is 15.5 Å². The molecule has 1 aromatic rings. The van der Waals surface area contributed by atoms with Crippen molar-refractivity contribution in [2.24, 2.45) is 5.92 Å². The number of hydrogen-bond acceptors (Lipinski definition) is 5. The first-order valence-corrected chi connectivity index (χ1v) is 12.2. The number of rotatable bonds is 9. The number of carbonyl (C=O) groups excluding carboxylic acids is 3. The molecule has 0 radical (unpaired) electrons. The zero-order chi connectivity index (χ0) is 25.3. The van der Waals surface area contributed by atoms with Crippen molar-refractivity contribution >= 4 is 17.9 Å². The summed E-state index contributed by atoms with van der Waals surface area (Å²) >= 11 is 0. The standard InChI is InChI=1S/C26H41N3O5/c1-18(2)21-7-9-22(10-8-21)33-19(3)24(31)29-15-12-20(13-16-29)17-28-23(30)11-14-27-25(32)34-26(4,5)6/h7-10,18-20H,11-17H2,1-6H3,(H,27,32)(H,28,30). The summed E-state index contributed by atoms with van der Waals surface area (Å²) in [4.78, 5) is 38.3. The van der Waals surface area contributed by atoms with Gasteiger partial charge in [-0.2, -0.15) is 0 Å². The van der Waals surface area contributed by atoms with Crippen LogP contribution in [0.15, 0.2) is 24.3 Å². The van der Waals surface area contributed by atoms with Gasteiger partial charge in [-0.25, -0.2) is 4.79 Å². The maximum Gasteiger partial charge on any atom is 0.407 e. The van der Waals surface area contributed by atoms with Crippen LogP contribution in [-0.2, 0) is 14.3 Å². The first kappa shape index (κ1) is 27.5. The predicted octanol–water partition coefficient (Wildman–Crippen LogP) is 3.85. The Morgan fingerprint density at radius 1 is 1.03 bits per heavy atom. The average Bonchev–Trinajstić information content (AvgIpc) is 2.76. The van der Waals surface area contributed by atoms with Crippen LogP contribution in [0.1, 0.15) is 72.3 Å². The molecule has 34 heavy (non-hydrogen) atoms. The van der Waals surface area contributed by atoms with Crippen molar-refractivity contribution in [1.29, 1.82) is 0 Å². The van der Waals surface area contributed by atoms with E-state index in [4.69, 9.17) is 9.47 Å². The Balaban J connectivity index is 1.65. The molecule has 0 spiro atoms. The summed E-state index contributed by atoms with van der Waals surface area (Å²) in [7, 11) is 0. The van der Waals surface area contributed by atoms with Gasteiger partial charge in [0.05, 0.1) is 0 Å². The highest BCUT2D eigenvalue weighted by Gasteiger charge is 2.27. The van der Waals surface area contributed by atoms with E-state index in [2.05, 4.69) is 24.5 Å². The lowest BCUT2D eigenvalue weighted by molar-refractivity contribution is -0.139. The second-order valence-corrected chi connectivity index (χ2v) is 10.2. The quantitative estimate of drug-likeness (QED) is 0.566. The molecule has 1 aliphatic rings. The number of likely N-dealkylation sites (tertiary alicyclic amines) is 1. The Hall–Kier alpha value is -2.77. The fourth-order valence-corrected chi connectivity index (χ4v) is 3.74. The molecule has 190 valence electrons. The van der Waals surface area contributed by atoms with E-state index in [1.54, 1.807) is 27.7 Å². The summed E-state index contributed by atoms with van der Waals surface area (Å²) in [6, 6.07) is 7.89. The van der Waals surface area contributed by atoms with Crippen LogP contribution in [0, 0.1) is 5.92 Å². The van der Waals surface area contributed by atoms with Gasteiger partial charge in [-0.05, 0) is 70.1 Å². The zero-order valence-corrected chi connectivity index (χ0v) is 21.5.